The van der Waals surface area contributed by atoms with Gasteiger partial charge in [-0.15, -0.1) is 11.3 Å². The number of fused-ring (bicyclic) bond motifs is 1. The van der Waals surface area contributed by atoms with Gasteiger partial charge in [0.2, 0.25) is 0 Å². The Bertz CT molecular complexity index is 401. The van der Waals surface area contributed by atoms with E-state index in [1.165, 1.54) is 37.0 Å². The highest BCUT2D eigenvalue weighted by molar-refractivity contribution is 7.10. The molecule has 3 rings (SSSR count). The lowest BCUT2D eigenvalue weighted by molar-refractivity contribution is -0.121. The molecule has 1 saturated carbocycles. The highest BCUT2D eigenvalue weighted by Gasteiger charge is 2.34. The summed E-state index contributed by atoms with van der Waals surface area (Å²) in [5, 5.41) is 5.67. The lowest BCUT2D eigenvalue weighted by Crippen LogP contribution is -2.52. The molecule has 1 N–H and O–H groups in total. The van der Waals surface area contributed by atoms with Crippen molar-refractivity contribution in [2.75, 3.05) is 0 Å². The van der Waals surface area contributed by atoms with Crippen LogP contribution in [0.2, 0.25) is 0 Å². The van der Waals surface area contributed by atoms with Crippen LogP contribution in [0.3, 0.4) is 0 Å². The van der Waals surface area contributed by atoms with Crippen LogP contribution in [-0.2, 0) is 11.2 Å². The van der Waals surface area contributed by atoms with Crippen molar-refractivity contribution in [2.24, 2.45) is 5.92 Å². The smallest absolute Gasteiger partial charge is 0.154 e. The maximum absolute atomic E-state index is 12.3. The lowest BCUT2D eigenvalue weighted by Gasteiger charge is -2.40. The van der Waals surface area contributed by atoms with E-state index < -0.39 is 0 Å². The van der Waals surface area contributed by atoms with Crippen molar-refractivity contribution in [1.82, 2.24) is 5.32 Å². The monoisotopic (exact) mass is 263 g/mol. The molecule has 0 amide bonds. The lowest BCUT2D eigenvalue weighted by atomic mass is 9.77. The average Bonchev–Trinajstić information content (AvgIpc) is 2.91. The summed E-state index contributed by atoms with van der Waals surface area (Å²) >= 11 is 1.69. The molecule has 1 aromatic heterocycles. The molecule has 2 fully saturated rings. The van der Waals surface area contributed by atoms with Gasteiger partial charge in [0.1, 0.15) is 0 Å². The predicted molar refractivity (Wildman–Crippen MR) is 74.9 cm³/mol. The van der Waals surface area contributed by atoms with Gasteiger partial charge < -0.3 is 5.32 Å². The van der Waals surface area contributed by atoms with Gasteiger partial charge in [-0.1, -0.05) is 18.9 Å². The SMILES string of the molecule is O=C(Cc1cccs1)C1CCC2CCCCC2N1. The highest BCUT2D eigenvalue weighted by Crippen LogP contribution is 2.32. The molecule has 1 aliphatic carbocycles. The van der Waals surface area contributed by atoms with Crippen molar-refractivity contribution < 1.29 is 4.79 Å². The van der Waals surface area contributed by atoms with Crippen LogP contribution in [0, 0.1) is 5.92 Å². The molecular formula is C15H21NOS. The topological polar surface area (TPSA) is 29.1 Å². The Balaban J connectivity index is 1.58. The van der Waals surface area contributed by atoms with Gasteiger partial charge >= 0.3 is 0 Å². The summed E-state index contributed by atoms with van der Waals surface area (Å²) in [5.41, 5.74) is 0. The fraction of sp³-hybridized carbons (Fsp3) is 0.667. The van der Waals surface area contributed by atoms with Gasteiger partial charge in [0, 0.05) is 17.3 Å². The first-order valence-electron chi connectivity index (χ1n) is 7.14. The van der Waals surface area contributed by atoms with Crippen molar-refractivity contribution in [3.63, 3.8) is 0 Å². The molecule has 1 aromatic rings. The van der Waals surface area contributed by atoms with E-state index in [1.807, 2.05) is 11.4 Å². The zero-order chi connectivity index (χ0) is 12.4. The minimum Gasteiger partial charge on any atom is -0.304 e. The van der Waals surface area contributed by atoms with Crippen molar-refractivity contribution in [2.45, 2.75) is 57.0 Å². The molecule has 18 heavy (non-hydrogen) atoms. The quantitative estimate of drug-likeness (QED) is 0.907. The third kappa shape index (κ3) is 2.67. The first kappa shape index (κ1) is 12.4. The normalized spacial score (nSPS) is 31.9. The number of rotatable bonds is 3. The van der Waals surface area contributed by atoms with E-state index in [4.69, 9.17) is 0 Å². The summed E-state index contributed by atoms with van der Waals surface area (Å²) in [7, 11) is 0. The number of ketones is 1. The van der Waals surface area contributed by atoms with E-state index >= 15 is 0 Å². The highest BCUT2D eigenvalue weighted by atomic mass is 32.1. The van der Waals surface area contributed by atoms with E-state index in [0.717, 1.165) is 12.3 Å². The molecule has 0 spiro atoms. The largest absolute Gasteiger partial charge is 0.304 e. The van der Waals surface area contributed by atoms with Crippen molar-refractivity contribution in [3.8, 4) is 0 Å². The van der Waals surface area contributed by atoms with Gasteiger partial charge in [-0.3, -0.25) is 4.79 Å². The molecule has 3 atom stereocenters. The molecule has 0 bridgehead atoms. The van der Waals surface area contributed by atoms with E-state index in [2.05, 4.69) is 11.4 Å². The van der Waals surface area contributed by atoms with E-state index in [-0.39, 0.29) is 6.04 Å². The third-order valence-corrected chi connectivity index (χ3v) is 5.34. The molecule has 3 unspecified atom stereocenters. The summed E-state index contributed by atoms with van der Waals surface area (Å²) in [5.74, 6) is 1.23. The molecule has 1 saturated heterocycles. The molecule has 0 radical (unpaired) electrons. The zero-order valence-electron chi connectivity index (χ0n) is 10.7. The van der Waals surface area contributed by atoms with Crippen molar-refractivity contribution in [1.29, 1.82) is 0 Å². The maximum Gasteiger partial charge on any atom is 0.154 e. The van der Waals surface area contributed by atoms with Crippen LogP contribution in [0.4, 0.5) is 0 Å². The Morgan fingerprint density at radius 3 is 3.00 bits per heavy atom. The fourth-order valence-electron chi connectivity index (χ4n) is 3.46. The summed E-state index contributed by atoms with van der Waals surface area (Å²) < 4.78 is 0. The van der Waals surface area contributed by atoms with Crippen LogP contribution < -0.4 is 5.32 Å². The second-order valence-corrected chi connectivity index (χ2v) is 6.70. The Hall–Kier alpha value is -0.670. The van der Waals surface area contributed by atoms with Crippen LogP contribution >= 0.6 is 11.3 Å². The second-order valence-electron chi connectivity index (χ2n) is 5.67. The number of hydrogen-bond donors (Lipinski definition) is 1. The van der Waals surface area contributed by atoms with Gasteiger partial charge in [0.15, 0.2) is 5.78 Å². The predicted octanol–water partition coefficient (Wildman–Crippen LogP) is 3.17. The van der Waals surface area contributed by atoms with E-state index in [0.29, 0.717) is 18.2 Å². The van der Waals surface area contributed by atoms with Gasteiger partial charge in [-0.05, 0) is 43.0 Å². The Morgan fingerprint density at radius 2 is 2.17 bits per heavy atom. The van der Waals surface area contributed by atoms with E-state index in [1.54, 1.807) is 11.3 Å². The summed E-state index contributed by atoms with van der Waals surface area (Å²) in [4.78, 5) is 13.5. The van der Waals surface area contributed by atoms with Gasteiger partial charge in [-0.2, -0.15) is 0 Å². The first-order valence-corrected chi connectivity index (χ1v) is 8.02. The minimum absolute atomic E-state index is 0.117. The second kappa shape index (κ2) is 5.54. The number of Topliss-reactive ketones (excluding diaryl/α,β-unsaturated/α-hetero) is 1. The van der Waals surface area contributed by atoms with Crippen molar-refractivity contribution >= 4 is 17.1 Å². The van der Waals surface area contributed by atoms with Gasteiger partial charge in [0.05, 0.1) is 6.04 Å². The molecule has 2 nitrogen and oxygen atoms in total. The minimum atomic E-state index is 0.117. The van der Waals surface area contributed by atoms with Crippen LogP contribution in [0.25, 0.3) is 0 Å². The molecule has 1 aliphatic heterocycles. The molecule has 2 heterocycles. The average molecular weight is 263 g/mol. The number of carbonyl (C=O) groups is 1. The van der Waals surface area contributed by atoms with Gasteiger partial charge in [0.25, 0.3) is 0 Å². The van der Waals surface area contributed by atoms with Crippen LogP contribution in [0.5, 0.6) is 0 Å². The molecule has 2 aliphatic rings. The van der Waals surface area contributed by atoms with E-state index in [9.17, 15) is 4.79 Å². The Morgan fingerprint density at radius 1 is 1.28 bits per heavy atom. The fourth-order valence-corrected chi connectivity index (χ4v) is 4.17. The third-order valence-electron chi connectivity index (χ3n) is 4.47. The molecule has 3 heteroatoms. The molecular weight excluding hydrogens is 242 g/mol. The molecule has 98 valence electrons. The number of nitrogens with one attached hydrogen (secondary N) is 1. The zero-order valence-corrected chi connectivity index (χ0v) is 11.5. The standard InChI is InChI=1S/C15H21NOS/c17-15(10-12-5-3-9-18-12)14-8-7-11-4-1-2-6-13(11)16-14/h3,5,9,11,13-14,16H,1-2,4,6-8,10H2. The summed E-state index contributed by atoms with van der Waals surface area (Å²) in [6, 6.07) is 4.82. The number of hydrogen-bond acceptors (Lipinski definition) is 3. The molecule has 0 aromatic carbocycles. The van der Waals surface area contributed by atoms with Gasteiger partial charge in [-0.25, -0.2) is 0 Å². The first-order chi connectivity index (χ1) is 8.83. The summed E-state index contributed by atoms with van der Waals surface area (Å²) in [6.07, 6.45) is 8.27. The van der Waals surface area contributed by atoms with Crippen LogP contribution in [0.1, 0.15) is 43.4 Å². The van der Waals surface area contributed by atoms with Crippen LogP contribution in [-0.4, -0.2) is 17.9 Å². The summed E-state index contributed by atoms with van der Waals surface area (Å²) in [6.45, 7) is 0. The maximum atomic E-state index is 12.3. The number of piperidine rings is 1. The number of thiophene rings is 1. The Labute approximate surface area is 113 Å². The Kier molecular flexibility index (Phi) is 3.80. The number of carbonyl (C=O) groups excluding carboxylic acids is 1. The van der Waals surface area contributed by atoms with Crippen molar-refractivity contribution in [3.05, 3.63) is 22.4 Å². The van der Waals surface area contributed by atoms with Crippen LogP contribution in [0.15, 0.2) is 17.5 Å².